The van der Waals surface area contributed by atoms with Crippen LogP contribution in [0, 0.1) is 5.82 Å². The van der Waals surface area contributed by atoms with Gasteiger partial charge >= 0.3 is 5.97 Å². The first-order valence-corrected chi connectivity index (χ1v) is 6.29. The van der Waals surface area contributed by atoms with Crippen LogP contribution in [0.4, 0.5) is 4.39 Å². The van der Waals surface area contributed by atoms with Gasteiger partial charge in [-0.2, -0.15) is 0 Å². The largest absolute Gasteiger partial charge is 0.478 e. The van der Waals surface area contributed by atoms with Crippen molar-refractivity contribution in [1.82, 2.24) is 0 Å². The Balaban J connectivity index is 3.25. The van der Waals surface area contributed by atoms with Crippen LogP contribution >= 0.6 is 0 Å². The van der Waals surface area contributed by atoms with Crippen molar-refractivity contribution >= 4 is 15.8 Å². The molecule has 0 spiro atoms. The molecule has 0 fully saturated rings. The number of carbonyl (C=O) groups is 1. The molecule has 1 aromatic rings. The summed E-state index contributed by atoms with van der Waals surface area (Å²) in [4.78, 5) is 10.1. The molecule has 1 aromatic carbocycles. The molecule has 0 bridgehead atoms. The van der Waals surface area contributed by atoms with Crippen molar-refractivity contribution in [2.24, 2.45) is 0 Å². The molecular formula is C11H11FO4S. The van der Waals surface area contributed by atoms with Gasteiger partial charge < -0.3 is 5.11 Å². The van der Waals surface area contributed by atoms with Gasteiger partial charge in [-0.05, 0) is 25.1 Å². The van der Waals surface area contributed by atoms with Gasteiger partial charge in [0.25, 0.3) is 0 Å². The summed E-state index contributed by atoms with van der Waals surface area (Å²) in [6.07, 6.45) is 0. The van der Waals surface area contributed by atoms with Crippen molar-refractivity contribution in [3.63, 3.8) is 0 Å². The van der Waals surface area contributed by atoms with E-state index in [1.54, 1.807) is 0 Å². The minimum Gasteiger partial charge on any atom is -0.478 e. The molecule has 0 aliphatic rings. The molecule has 6 heteroatoms. The van der Waals surface area contributed by atoms with E-state index in [1.165, 1.54) is 6.92 Å². The number of rotatable bonds is 4. The highest BCUT2D eigenvalue weighted by atomic mass is 32.2. The number of benzene rings is 1. The zero-order valence-electron chi connectivity index (χ0n) is 9.10. The zero-order valence-corrected chi connectivity index (χ0v) is 9.92. The first kappa shape index (κ1) is 13.4. The van der Waals surface area contributed by atoms with Crippen molar-refractivity contribution in [2.75, 3.05) is 5.75 Å². The molecule has 4 nitrogen and oxygen atoms in total. The molecule has 0 aromatic heterocycles. The highest BCUT2D eigenvalue weighted by Crippen LogP contribution is 2.19. The summed E-state index contributed by atoms with van der Waals surface area (Å²) in [6, 6.07) is 2.70. The fraction of sp³-hybridized carbons (Fsp3) is 0.182. The Morgan fingerprint density at radius 2 is 2.06 bits per heavy atom. The fourth-order valence-corrected chi connectivity index (χ4v) is 2.72. The second-order valence-electron chi connectivity index (χ2n) is 3.67. The summed E-state index contributed by atoms with van der Waals surface area (Å²) in [5.41, 5.74) is 0.0866. The molecule has 0 saturated carbocycles. The number of aromatic carboxylic acids is 1. The number of halogens is 1. The number of carboxylic acids is 1. The third kappa shape index (κ3) is 3.13. The molecule has 0 radical (unpaired) electrons. The van der Waals surface area contributed by atoms with Crippen LogP contribution < -0.4 is 0 Å². The maximum absolute atomic E-state index is 13.5. The van der Waals surface area contributed by atoms with Crippen molar-refractivity contribution in [2.45, 2.75) is 11.8 Å². The van der Waals surface area contributed by atoms with E-state index in [2.05, 4.69) is 6.58 Å². The summed E-state index contributed by atoms with van der Waals surface area (Å²) in [7, 11) is -3.80. The van der Waals surface area contributed by atoms with E-state index >= 15 is 0 Å². The van der Waals surface area contributed by atoms with E-state index in [4.69, 9.17) is 5.11 Å². The molecule has 0 aliphatic carbocycles. The maximum atomic E-state index is 13.5. The fourth-order valence-electron chi connectivity index (χ4n) is 1.29. The summed E-state index contributed by atoms with van der Waals surface area (Å²) in [5, 5.41) is 8.62. The molecule has 0 aliphatic heterocycles. The van der Waals surface area contributed by atoms with E-state index < -0.39 is 26.5 Å². The average Bonchev–Trinajstić information content (AvgIpc) is 2.14. The zero-order chi connectivity index (χ0) is 13.2. The van der Waals surface area contributed by atoms with Crippen LogP contribution in [0.25, 0.3) is 0 Å². The lowest BCUT2D eigenvalue weighted by atomic mass is 10.2. The monoisotopic (exact) mass is 258 g/mol. The maximum Gasteiger partial charge on any atom is 0.335 e. The van der Waals surface area contributed by atoms with E-state index in [-0.39, 0.29) is 11.3 Å². The quantitative estimate of drug-likeness (QED) is 0.837. The van der Waals surface area contributed by atoms with Gasteiger partial charge in [-0.25, -0.2) is 17.6 Å². The first-order chi connectivity index (χ1) is 7.74. The van der Waals surface area contributed by atoms with Crippen molar-refractivity contribution in [1.29, 1.82) is 0 Å². The molecule has 0 atom stereocenters. The smallest absolute Gasteiger partial charge is 0.335 e. The predicted molar refractivity (Wildman–Crippen MR) is 60.2 cm³/mol. The standard InChI is InChI=1S/C11H11FO4S/c1-7(2)6-17(15,16)10-4-3-8(11(13)14)5-9(10)12/h3-5H,1,6H2,2H3,(H,13,14). The van der Waals surface area contributed by atoms with E-state index in [9.17, 15) is 17.6 Å². The second kappa shape index (κ2) is 4.67. The van der Waals surface area contributed by atoms with Gasteiger partial charge in [0.2, 0.25) is 0 Å². The van der Waals surface area contributed by atoms with Gasteiger partial charge in [-0.15, -0.1) is 0 Å². The first-order valence-electron chi connectivity index (χ1n) is 4.64. The van der Waals surface area contributed by atoms with Crippen molar-refractivity contribution in [3.05, 3.63) is 41.7 Å². The minimum atomic E-state index is -3.80. The van der Waals surface area contributed by atoms with Crippen LogP contribution in [0.3, 0.4) is 0 Å². The second-order valence-corrected chi connectivity index (χ2v) is 5.62. The highest BCUT2D eigenvalue weighted by molar-refractivity contribution is 7.91. The molecule has 0 amide bonds. The summed E-state index contributed by atoms with van der Waals surface area (Å²) in [6.45, 7) is 4.96. The summed E-state index contributed by atoms with van der Waals surface area (Å²) in [5.74, 6) is -2.74. The minimum absolute atomic E-state index is 0.295. The van der Waals surface area contributed by atoms with Gasteiger partial charge in [0.05, 0.1) is 11.3 Å². The Morgan fingerprint density at radius 3 is 2.47 bits per heavy atom. The SMILES string of the molecule is C=C(C)CS(=O)(=O)c1ccc(C(=O)O)cc1F. The number of hydrogen-bond acceptors (Lipinski definition) is 3. The summed E-state index contributed by atoms with van der Waals surface area (Å²) < 4.78 is 36.9. The summed E-state index contributed by atoms with van der Waals surface area (Å²) >= 11 is 0. The Labute approximate surface area is 98.3 Å². The number of hydrogen-bond donors (Lipinski definition) is 1. The van der Waals surface area contributed by atoms with Gasteiger partial charge in [0.1, 0.15) is 10.7 Å². The third-order valence-corrected chi connectivity index (χ3v) is 3.82. The number of sulfone groups is 1. The number of carboxylic acid groups (broad SMARTS) is 1. The molecule has 0 unspecified atom stereocenters. The van der Waals surface area contributed by atoms with Gasteiger partial charge in [-0.3, -0.25) is 0 Å². The molecule has 0 heterocycles. The van der Waals surface area contributed by atoms with E-state index in [0.717, 1.165) is 12.1 Å². The third-order valence-electron chi connectivity index (χ3n) is 1.95. The molecule has 0 saturated heterocycles. The topological polar surface area (TPSA) is 71.4 Å². The van der Waals surface area contributed by atoms with E-state index in [1.807, 2.05) is 0 Å². The average molecular weight is 258 g/mol. The Morgan fingerprint density at radius 1 is 1.47 bits per heavy atom. The lowest BCUT2D eigenvalue weighted by Crippen LogP contribution is -2.10. The van der Waals surface area contributed by atoms with Crippen molar-refractivity contribution in [3.8, 4) is 0 Å². The van der Waals surface area contributed by atoms with Crippen LogP contribution in [-0.2, 0) is 9.84 Å². The van der Waals surface area contributed by atoms with Crippen LogP contribution in [0.1, 0.15) is 17.3 Å². The van der Waals surface area contributed by atoms with Gasteiger partial charge in [0.15, 0.2) is 9.84 Å². The molecule has 1 N–H and O–H groups in total. The van der Waals surface area contributed by atoms with Gasteiger partial charge in [0, 0.05) is 0 Å². The molecule has 1 rings (SSSR count). The lowest BCUT2D eigenvalue weighted by molar-refractivity contribution is 0.0696. The van der Waals surface area contributed by atoms with Crippen LogP contribution in [0.5, 0.6) is 0 Å². The predicted octanol–water partition coefficient (Wildman–Crippen LogP) is 1.87. The Bertz CT molecular complexity index is 575. The Hall–Kier alpha value is -1.69. The highest BCUT2D eigenvalue weighted by Gasteiger charge is 2.20. The van der Waals surface area contributed by atoms with Crippen LogP contribution in [0.15, 0.2) is 35.2 Å². The molecule has 92 valence electrons. The Kier molecular flexibility index (Phi) is 3.67. The van der Waals surface area contributed by atoms with E-state index in [0.29, 0.717) is 11.6 Å². The van der Waals surface area contributed by atoms with Crippen LogP contribution in [-0.4, -0.2) is 25.2 Å². The van der Waals surface area contributed by atoms with Gasteiger partial charge in [-0.1, -0.05) is 12.2 Å². The lowest BCUT2D eigenvalue weighted by Gasteiger charge is -2.06. The molecule has 17 heavy (non-hydrogen) atoms. The van der Waals surface area contributed by atoms with Crippen LogP contribution in [0.2, 0.25) is 0 Å². The molecular weight excluding hydrogens is 247 g/mol. The normalized spacial score (nSPS) is 11.2. The van der Waals surface area contributed by atoms with Crippen molar-refractivity contribution < 1.29 is 22.7 Å².